The molecule has 0 bridgehead atoms. The van der Waals surface area contributed by atoms with Crippen LogP contribution in [0.15, 0.2) is 0 Å². The number of carbonyl (C=O) groups excluding carboxylic acids is 1. The Morgan fingerprint density at radius 3 is 2.81 bits per heavy atom. The minimum atomic E-state index is -0.156. The van der Waals surface area contributed by atoms with Crippen LogP contribution >= 0.6 is 0 Å². The third-order valence-electron chi connectivity index (χ3n) is 2.62. The summed E-state index contributed by atoms with van der Waals surface area (Å²) in [6, 6.07) is 0. The van der Waals surface area contributed by atoms with Gasteiger partial charge in [-0.05, 0) is 13.3 Å². The van der Waals surface area contributed by atoms with Crippen molar-refractivity contribution in [3.05, 3.63) is 11.4 Å². The molecule has 1 aromatic rings. The van der Waals surface area contributed by atoms with Gasteiger partial charge in [-0.25, -0.2) is 4.68 Å². The zero-order valence-electron chi connectivity index (χ0n) is 10.1. The van der Waals surface area contributed by atoms with Crippen LogP contribution in [-0.2, 0) is 11.3 Å². The van der Waals surface area contributed by atoms with E-state index in [0.29, 0.717) is 5.69 Å². The van der Waals surface area contributed by atoms with Crippen LogP contribution < -0.4 is 0 Å². The second kappa shape index (κ2) is 6.37. The Hall–Kier alpha value is -1.23. The van der Waals surface area contributed by atoms with Crippen LogP contribution in [0.1, 0.15) is 55.4 Å². The van der Waals surface area contributed by atoms with E-state index >= 15 is 0 Å². The fourth-order valence-electron chi connectivity index (χ4n) is 1.62. The Bertz CT molecular complexity index is 336. The van der Waals surface area contributed by atoms with Gasteiger partial charge in [0.05, 0.1) is 11.8 Å². The number of rotatable bonds is 7. The highest BCUT2D eigenvalue weighted by Gasteiger charge is 2.17. The smallest absolute Gasteiger partial charge is 0.172 e. The number of methoxy groups -OCH3 is 1. The highest BCUT2D eigenvalue weighted by Crippen LogP contribution is 2.18. The molecule has 0 aliphatic heterocycles. The van der Waals surface area contributed by atoms with Crippen molar-refractivity contribution in [3.8, 4) is 0 Å². The molecule has 1 aromatic heterocycles. The van der Waals surface area contributed by atoms with Crippen molar-refractivity contribution in [1.82, 2.24) is 15.0 Å². The zero-order valence-corrected chi connectivity index (χ0v) is 10.1. The molecule has 0 saturated carbocycles. The number of nitrogens with zero attached hydrogens (tertiary/aromatic N) is 3. The average Bonchev–Trinajstić information content (AvgIpc) is 2.71. The second-order valence-corrected chi connectivity index (χ2v) is 3.79. The van der Waals surface area contributed by atoms with Crippen LogP contribution in [0, 0.1) is 0 Å². The van der Waals surface area contributed by atoms with Crippen LogP contribution in [0.25, 0.3) is 0 Å². The maximum atomic E-state index is 10.8. The normalized spacial score (nSPS) is 12.7. The summed E-state index contributed by atoms with van der Waals surface area (Å²) in [7, 11) is 1.61. The SMILES string of the molecule is CCCCCn1nnc(C=O)c1C(C)OC. The summed E-state index contributed by atoms with van der Waals surface area (Å²) in [4.78, 5) is 10.8. The Morgan fingerprint density at radius 2 is 2.25 bits per heavy atom. The second-order valence-electron chi connectivity index (χ2n) is 3.79. The maximum Gasteiger partial charge on any atom is 0.172 e. The molecular weight excluding hydrogens is 206 g/mol. The van der Waals surface area contributed by atoms with Crippen LogP contribution in [0.3, 0.4) is 0 Å². The van der Waals surface area contributed by atoms with E-state index in [1.165, 1.54) is 0 Å². The van der Waals surface area contributed by atoms with Crippen LogP contribution in [-0.4, -0.2) is 28.4 Å². The van der Waals surface area contributed by atoms with Crippen LogP contribution in [0.2, 0.25) is 0 Å². The van der Waals surface area contributed by atoms with E-state index in [-0.39, 0.29) is 6.10 Å². The fourth-order valence-corrected chi connectivity index (χ4v) is 1.62. The molecule has 0 spiro atoms. The summed E-state index contributed by atoms with van der Waals surface area (Å²) >= 11 is 0. The van der Waals surface area contributed by atoms with E-state index < -0.39 is 0 Å². The van der Waals surface area contributed by atoms with Gasteiger partial charge in [0.25, 0.3) is 0 Å². The average molecular weight is 225 g/mol. The largest absolute Gasteiger partial charge is 0.375 e. The standard InChI is InChI=1S/C11H19N3O2/c1-4-5-6-7-14-11(9(2)16-3)10(8-15)12-13-14/h8-9H,4-7H2,1-3H3. The van der Waals surface area contributed by atoms with Gasteiger partial charge in [-0.2, -0.15) is 0 Å². The summed E-state index contributed by atoms with van der Waals surface area (Å²) < 4.78 is 7.00. The predicted molar refractivity (Wildman–Crippen MR) is 60.4 cm³/mol. The van der Waals surface area contributed by atoms with E-state index in [9.17, 15) is 4.79 Å². The van der Waals surface area contributed by atoms with Crippen molar-refractivity contribution in [2.24, 2.45) is 0 Å². The summed E-state index contributed by atoms with van der Waals surface area (Å²) in [5.74, 6) is 0. The molecule has 0 N–H and O–H groups in total. The van der Waals surface area contributed by atoms with Gasteiger partial charge >= 0.3 is 0 Å². The molecule has 1 heterocycles. The molecule has 90 valence electrons. The summed E-state index contributed by atoms with van der Waals surface area (Å²) in [5.41, 5.74) is 1.15. The first kappa shape index (κ1) is 12.8. The predicted octanol–water partition coefficient (Wildman–Crippen LogP) is 1.99. The van der Waals surface area contributed by atoms with Gasteiger partial charge < -0.3 is 4.74 Å². The molecule has 0 amide bonds. The number of aryl methyl sites for hydroxylation is 1. The summed E-state index contributed by atoms with van der Waals surface area (Å²) in [6.45, 7) is 4.83. The topological polar surface area (TPSA) is 57.0 Å². The van der Waals surface area contributed by atoms with Crippen molar-refractivity contribution in [1.29, 1.82) is 0 Å². The Balaban J connectivity index is 2.82. The number of hydrogen-bond acceptors (Lipinski definition) is 4. The molecule has 0 radical (unpaired) electrons. The molecule has 1 unspecified atom stereocenters. The third-order valence-corrected chi connectivity index (χ3v) is 2.62. The lowest BCUT2D eigenvalue weighted by atomic mass is 10.2. The lowest BCUT2D eigenvalue weighted by Gasteiger charge is -2.12. The van der Waals surface area contributed by atoms with Gasteiger partial charge in [0.15, 0.2) is 12.0 Å². The molecular formula is C11H19N3O2. The fraction of sp³-hybridized carbons (Fsp3) is 0.727. The molecule has 1 atom stereocenters. The van der Waals surface area contributed by atoms with Crippen molar-refractivity contribution >= 4 is 6.29 Å². The first-order chi connectivity index (χ1) is 7.74. The Labute approximate surface area is 95.8 Å². The summed E-state index contributed by atoms with van der Waals surface area (Å²) in [6.07, 6.45) is 3.92. The molecule has 0 aliphatic carbocycles. The number of unbranched alkanes of at least 4 members (excludes halogenated alkanes) is 2. The third kappa shape index (κ3) is 2.88. The quantitative estimate of drug-likeness (QED) is 0.526. The minimum Gasteiger partial charge on any atom is -0.375 e. The monoisotopic (exact) mass is 225 g/mol. The minimum absolute atomic E-state index is 0.156. The van der Waals surface area contributed by atoms with E-state index in [1.54, 1.807) is 11.8 Å². The first-order valence-electron chi connectivity index (χ1n) is 5.65. The zero-order chi connectivity index (χ0) is 12.0. The van der Waals surface area contributed by atoms with E-state index in [1.807, 2.05) is 6.92 Å². The van der Waals surface area contributed by atoms with Crippen LogP contribution in [0.4, 0.5) is 0 Å². The van der Waals surface area contributed by atoms with E-state index in [0.717, 1.165) is 37.8 Å². The Morgan fingerprint density at radius 1 is 1.50 bits per heavy atom. The maximum absolute atomic E-state index is 10.8. The van der Waals surface area contributed by atoms with Gasteiger partial charge in [-0.3, -0.25) is 4.79 Å². The lowest BCUT2D eigenvalue weighted by molar-refractivity contribution is 0.105. The first-order valence-corrected chi connectivity index (χ1v) is 5.65. The number of aldehydes is 1. The van der Waals surface area contributed by atoms with Gasteiger partial charge in [0.1, 0.15) is 0 Å². The van der Waals surface area contributed by atoms with E-state index in [4.69, 9.17) is 4.74 Å². The lowest BCUT2D eigenvalue weighted by Crippen LogP contribution is -2.10. The van der Waals surface area contributed by atoms with Gasteiger partial charge in [0.2, 0.25) is 0 Å². The molecule has 0 aliphatic rings. The molecule has 5 heteroatoms. The number of ether oxygens (including phenoxy) is 1. The van der Waals surface area contributed by atoms with Gasteiger partial charge in [-0.15, -0.1) is 5.10 Å². The van der Waals surface area contributed by atoms with Crippen molar-refractivity contribution < 1.29 is 9.53 Å². The molecule has 0 saturated heterocycles. The van der Waals surface area contributed by atoms with Gasteiger partial charge in [0, 0.05) is 13.7 Å². The number of hydrogen-bond donors (Lipinski definition) is 0. The number of aromatic nitrogens is 3. The number of carbonyl (C=O) groups is 1. The molecule has 16 heavy (non-hydrogen) atoms. The molecule has 0 aromatic carbocycles. The molecule has 1 rings (SSSR count). The highest BCUT2D eigenvalue weighted by atomic mass is 16.5. The molecule has 5 nitrogen and oxygen atoms in total. The highest BCUT2D eigenvalue weighted by molar-refractivity contribution is 5.73. The van der Waals surface area contributed by atoms with Crippen molar-refractivity contribution in [2.45, 2.75) is 45.8 Å². The van der Waals surface area contributed by atoms with Crippen LogP contribution in [0.5, 0.6) is 0 Å². The van der Waals surface area contributed by atoms with Gasteiger partial charge in [-0.1, -0.05) is 25.0 Å². The van der Waals surface area contributed by atoms with Crippen molar-refractivity contribution in [2.75, 3.05) is 7.11 Å². The van der Waals surface area contributed by atoms with E-state index in [2.05, 4.69) is 17.2 Å². The molecule has 0 fully saturated rings. The summed E-state index contributed by atoms with van der Waals surface area (Å²) in [5, 5.41) is 7.83. The van der Waals surface area contributed by atoms with Crippen molar-refractivity contribution in [3.63, 3.8) is 0 Å². The Kier molecular flexibility index (Phi) is 5.11.